The molecule has 1 N–H and O–H groups in total. The molecule has 0 fully saturated rings. The van der Waals surface area contributed by atoms with E-state index >= 15 is 0 Å². The van der Waals surface area contributed by atoms with Gasteiger partial charge in [-0.15, -0.1) is 0 Å². The zero-order chi connectivity index (χ0) is 14.5. The molecule has 0 radical (unpaired) electrons. The van der Waals surface area contributed by atoms with Crippen LogP contribution in [0.1, 0.15) is 24.2 Å². The first kappa shape index (κ1) is 15.8. The lowest BCUT2D eigenvalue weighted by Crippen LogP contribution is -2.32. The van der Waals surface area contributed by atoms with E-state index in [-0.39, 0.29) is 10.7 Å². The number of sulfonamides is 1. The summed E-state index contributed by atoms with van der Waals surface area (Å²) in [6, 6.07) is 6.06. The van der Waals surface area contributed by atoms with E-state index in [1.54, 1.807) is 12.1 Å². The van der Waals surface area contributed by atoms with E-state index in [4.69, 9.17) is 0 Å². The monoisotopic (exact) mass is 284 g/mol. The first-order chi connectivity index (χ1) is 8.86. The van der Waals surface area contributed by atoms with Gasteiger partial charge in [0, 0.05) is 18.7 Å². The number of benzene rings is 1. The summed E-state index contributed by atoms with van der Waals surface area (Å²) >= 11 is 0. The third-order valence-electron chi connectivity index (χ3n) is 2.88. The normalized spacial score (nSPS) is 11.8. The summed E-state index contributed by atoms with van der Waals surface area (Å²) in [6.45, 7) is 5.26. The molecule has 0 aliphatic heterocycles. The maximum atomic E-state index is 12.0. The number of carbonyl (C=O) groups excluding carboxylic acids is 1. The fourth-order valence-corrected chi connectivity index (χ4v) is 2.56. The summed E-state index contributed by atoms with van der Waals surface area (Å²) < 4.78 is 26.6. The van der Waals surface area contributed by atoms with Crippen molar-refractivity contribution >= 4 is 15.8 Å². The van der Waals surface area contributed by atoms with E-state index in [1.165, 1.54) is 19.1 Å². The van der Waals surface area contributed by atoms with Crippen molar-refractivity contribution in [2.75, 3.05) is 26.7 Å². The average Bonchev–Trinajstić information content (AvgIpc) is 2.38. The van der Waals surface area contributed by atoms with Gasteiger partial charge in [0.25, 0.3) is 0 Å². The minimum Gasteiger partial charge on any atom is -0.305 e. The zero-order valence-corrected chi connectivity index (χ0v) is 12.3. The van der Waals surface area contributed by atoms with Crippen molar-refractivity contribution in [2.24, 2.45) is 0 Å². The quantitative estimate of drug-likeness (QED) is 0.762. The van der Waals surface area contributed by atoms with Crippen LogP contribution < -0.4 is 4.72 Å². The molecular formula is C13H20N2O3S. The number of nitrogens with zero attached hydrogens (tertiary/aromatic N) is 1. The van der Waals surface area contributed by atoms with Gasteiger partial charge < -0.3 is 4.90 Å². The molecular weight excluding hydrogens is 264 g/mol. The minimum atomic E-state index is -3.55. The molecule has 1 rings (SSSR count). The van der Waals surface area contributed by atoms with E-state index in [2.05, 4.69) is 4.72 Å². The molecule has 0 aromatic heterocycles. The van der Waals surface area contributed by atoms with Crippen LogP contribution in [0.2, 0.25) is 0 Å². The molecule has 1 aromatic carbocycles. The lowest BCUT2D eigenvalue weighted by atomic mass is 10.2. The van der Waals surface area contributed by atoms with Crippen molar-refractivity contribution in [3.05, 3.63) is 29.8 Å². The molecule has 0 aliphatic rings. The number of nitrogens with one attached hydrogen (secondary N) is 1. The Bertz CT molecular complexity index is 541. The smallest absolute Gasteiger partial charge is 0.240 e. The van der Waals surface area contributed by atoms with E-state index < -0.39 is 10.0 Å². The third kappa shape index (κ3) is 4.74. The lowest BCUT2D eigenvalue weighted by molar-refractivity contribution is 0.101. The standard InChI is InChI=1S/C13H20N2O3S/c1-4-15(3)9-8-14-19(17,18)13-7-5-6-12(10-13)11(2)16/h5-7,10,14H,4,8-9H2,1-3H3. The minimum absolute atomic E-state index is 0.124. The van der Waals surface area contributed by atoms with Crippen molar-refractivity contribution in [2.45, 2.75) is 18.7 Å². The molecule has 1 aromatic rings. The van der Waals surface area contributed by atoms with Crippen molar-refractivity contribution in [1.82, 2.24) is 9.62 Å². The highest BCUT2D eigenvalue weighted by Gasteiger charge is 2.14. The molecule has 0 saturated heterocycles. The van der Waals surface area contributed by atoms with Crippen molar-refractivity contribution in [1.29, 1.82) is 0 Å². The summed E-state index contributed by atoms with van der Waals surface area (Å²) in [4.78, 5) is 13.4. The zero-order valence-electron chi connectivity index (χ0n) is 11.5. The van der Waals surface area contributed by atoms with Crippen LogP contribution in [0.3, 0.4) is 0 Å². The van der Waals surface area contributed by atoms with Crippen molar-refractivity contribution in [3.63, 3.8) is 0 Å². The van der Waals surface area contributed by atoms with E-state index in [9.17, 15) is 13.2 Å². The highest BCUT2D eigenvalue weighted by atomic mass is 32.2. The fraction of sp³-hybridized carbons (Fsp3) is 0.462. The molecule has 0 aliphatic carbocycles. The Morgan fingerprint density at radius 2 is 2.05 bits per heavy atom. The number of hydrogen-bond acceptors (Lipinski definition) is 4. The van der Waals surface area contributed by atoms with Crippen LogP contribution in [-0.4, -0.2) is 45.8 Å². The molecule has 106 valence electrons. The predicted octanol–water partition coefficient (Wildman–Crippen LogP) is 1.12. The topological polar surface area (TPSA) is 66.5 Å². The number of ketones is 1. The maximum Gasteiger partial charge on any atom is 0.240 e. The van der Waals surface area contributed by atoms with E-state index in [0.717, 1.165) is 6.54 Å². The Kier molecular flexibility index (Phi) is 5.65. The summed E-state index contributed by atoms with van der Waals surface area (Å²) in [5.74, 6) is -0.150. The first-order valence-corrected chi connectivity index (χ1v) is 7.64. The van der Waals surface area contributed by atoms with Gasteiger partial charge in [-0.1, -0.05) is 19.1 Å². The number of carbonyl (C=O) groups is 1. The SMILES string of the molecule is CCN(C)CCNS(=O)(=O)c1cccc(C(C)=O)c1. The van der Waals surface area contributed by atoms with E-state index in [0.29, 0.717) is 18.7 Å². The molecule has 0 bridgehead atoms. The second kappa shape index (κ2) is 6.79. The van der Waals surface area contributed by atoms with Gasteiger partial charge in [0.15, 0.2) is 5.78 Å². The van der Waals surface area contributed by atoms with Gasteiger partial charge in [-0.2, -0.15) is 0 Å². The second-order valence-corrected chi connectivity index (χ2v) is 6.14. The molecule has 19 heavy (non-hydrogen) atoms. The van der Waals surface area contributed by atoms with Gasteiger partial charge in [0.1, 0.15) is 0 Å². The largest absolute Gasteiger partial charge is 0.305 e. The Balaban J connectivity index is 2.77. The Morgan fingerprint density at radius 1 is 1.37 bits per heavy atom. The van der Waals surface area contributed by atoms with Crippen LogP contribution >= 0.6 is 0 Å². The number of likely N-dealkylation sites (N-methyl/N-ethyl adjacent to an activating group) is 1. The molecule has 6 heteroatoms. The van der Waals surface area contributed by atoms with Crippen LogP contribution in [0.4, 0.5) is 0 Å². The Hall–Kier alpha value is -1.24. The molecule has 0 spiro atoms. The van der Waals surface area contributed by atoms with Crippen LogP contribution in [-0.2, 0) is 10.0 Å². The summed E-state index contributed by atoms with van der Waals surface area (Å²) in [6.07, 6.45) is 0. The van der Waals surface area contributed by atoms with Gasteiger partial charge in [-0.3, -0.25) is 4.79 Å². The highest BCUT2D eigenvalue weighted by Crippen LogP contribution is 2.11. The summed E-state index contributed by atoms with van der Waals surface area (Å²) in [5.41, 5.74) is 0.397. The number of Topliss-reactive ketones (excluding diaryl/α,β-unsaturated/α-hetero) is 1. The van der Waals surface area contributed by atoms with Crippen LogP contribution in [0.25, 0.3) is 0 Å². The second-order valence-electron chi connectivity index (χ2n) is 4.38. The third-order valence-corrected chi connectivity index (χ3v) is 4.34. The molecule has 0 unspecified atom stereocenters. The van der Waals surface area contributed by atoms with Gasteiger partial charge in [-0.25, -0.2) is 13.1 Å². The van der Waals surface area contributed by atoms with Gasteiger partial charge in [-0.05, 0) is 32.6 Å². The Morgan fingerprint density at radius 3 is 2.63 bits per heavy atom. The molecule has 0 amide bonds. The van der Waals surface area contributed by atoms with Gasteiger partial charge >= 0.3 is 0 Å². The number of hydrogen-bond donors (Lipinski definition) is 1. The van der Waals surface area contributed by atoms with Gasteiger partial charge in [0.05, 0.1) is 4.90 Å². The van der Waals surface area contributed by atoms with Crippen molar-refractivity contribution in [3.8, 4) is 0 Å². The molecule has 0 saturated carbocycles. The molecule has 0 heterocycles. The van der Waals surface area contributed by atoms with E-state index in [1.807, 2.05) is 18.9 Å². The summed E-state index contributed by atoms with van der Waals surface area (Å²) in [7, 11) is -1.63. The maximum absolute atomic E-state index is 12.0. The molecule has 5 nitrogen and oxygen atoms in total. The fourth-order valence-electron chi connectivity index (χ4n) is 1.49. The highest BCUT2D eigenvalue weighted by molar-refractivity contribution is 7.89. The number of rotatable bonds is 7. The van der Waals surface area contributed by atoms with Crippen LogP contribution in [0.15, 0.2) is 29.2 Å². The first-order valence-electron chi connectivity index (χ1n) is 6.16. The molecule has 0 atom stereocenters. The van der Waals surface area contributed by atoms with Crippen molar-refractivity contribution < 1.29 is 13.2 Å². The van der Waals surface area contributed by atoms with Gasteiger partial charge in [0.2, 0.25) is 10.0 Å². The summed E-state index contributed by atoms with van der Waals surface area (Å²) in [5, 5.41) is 0. The average molecular weight is 284 g/mol. The Labute approximate surface area is 114 Å². The lowest BCUT2D eigenvalue weighted by Gasteiger charge is -2.14. The van der Waals surface area contributed by atoms with Crippen LogP contribution in [0, 0.1) is 0 Å². The predicted molar refractivity (Wildman–Crippen MR) is 74.8 cm³/mol. The van der Waals surface area contributed by atoms with Crippen LogP contribution in [0.5, 0.6) is 0 Å².